The number of pyridine rings is 1. The average molecular weight is 739 g/mol. The standard InChI is InChI=1S/C19H16Cl2N4O2.C18H17N5O2/c1-3-25-19(27)18(23-17-13(20)9-22-10-14(17)21)15(11(2)26)16(24-25)12-7-5-4-6-8-12;1-3-23-18(25)17(21-14-11-19-9-10-20-14)15(12(2)24)16(22-23)13-7-5-4-6-8-13/h4-10H,3H2,1-2H3,(H,22,23);4-11H,3H2,1-2H3,(H,20,21). The Labute approximate surface area is 308 Å². The van der Waals surface area contributed by atoms with Crippen molar-refractivity contribution in [1.82, 2.24) is 34.5 Å². The molecule has 0 unspecified atom stereocenters. The van der Waals surface area contributed by atoms with Crippen molar-refractivity contribution in [3.05, 3.63) is 134 Å². The number of aryl methyl sites for hydroxylation is 2. The van der Waals surface area contributed by atoms with Gasteiger partial charge in [-0.3, -0.25) is 29.1 Å². The van der Waals surface area contributed by atoms with Gasteiger partial charge in [0.25, 0.3) is 11.1 Å². The third-order valence-corrected chi connectivity index (χ3v) is 8.20. The molecule has 13 nitrogen and oxygen atoms in total. The van der Waals surface area contributed by atoms with Gasteiger partial charge in [0.1, 0.15) is 28.6 Å². The third-order valence-electron chi connectivity index (χ3n) is 7.63. The maximum absolute atomic E-state index is 12.9. The van der Waals surface area contributed by atoms with Crippen LogP contribution in [0.2, 0.25) is 10.0 Å². The summed E-state index contributed by atoms with van der Waals surface area (Å²) in [5.74, 6) is -0.168. The minimum atomic E-state index is -0.439. The van der Waals surface area contributed by atoms with Gasteiger partial charge in [-0.2, -0.15) is 10.2 Å². The monoisotopic (exact) mass is 737 g/mol. The summed E-state index contributed by atoms with van der Waals surface area (Å²) in [7, 11) is 0. The molecule has 0 saturated heterocycles. The number of benzene rings is 2. The first-order chi connectivity index (χ1) is 25.0. The number of anilines is 4. The van der Waals surface area contributed by atoms with E-state index in [1.165, 1.54) is 54.2 Å². The number of Topliss-reactive ketones (excluding diaryl/α,β-unsaturated/α-hetero) is 2. The molecule has 2 aromatic carbocycles. The van der Waals surface area contributed by atoms with Gasteiger partial charge in [-0.05, 0) is 27.7 Å². The Bertz CT molecular complexity index is 2330. The smallest absolute Gasteiger partial charge is 0.291 e. The zero-order chi connectivity index (χ0) is 37.4. The van der Waals surface area contributed by atoms with Crippen LogP contribution in [-0.4, -0.2) is 46.1 Å². The highest BCUT2D eigenvalue weighted by Gasteiger charge is 2.24. The zero-order valence-corrected chi connectivity index (χ0v) is 30.1. The van der Waals surface area contributed by atoms with E-state index in [9.17, 15) is 19.2 Å². The minimum Gasteiger partial charge on any atom is -0.348 e. The van der Waals surface area contributed by atoms with Gasteiger partial charge in [0.05, 0.1) is 33.1 Å². The largest absolute Gasteiger partial charge is 0.348 e. The fourth-order valence-electron chi connectivity index (χ4n) is 5.23. The van der Waals surface area contributed by atoms with E-state index in [4.69, 9.17) is 23.2 Å². The second-order valence-corrected chi connectivity index (χ2v) is 11.9. The Morgan fingerprint density at radius 1 is 0.635 bits per heavy atom. The van der Waals surface area contributed by atoms with E-state index >= 15 is 0 Å². The van der Waals surface area contributed by atoms with Gasteiger partial charge in [0.2, 0.25) is 0 Å². The first kappa shape index (κ1) is 37.2. The quantitative estimate of drug-likeness (QED) is 0.136. The van der Waals surface area contributed by atoms with Crippen molar-refractivity contribution in [2.45, 2.75) is 40.8 Å². The summed E-state index contributed by atoms with van der Waals surface area (Å²) in [4.78, 5) is 62.5. The third kappa shape index (κ3) is 8.12. The highest BCUT2D eigenvalue weighted by atomic mass is 35.5. The van der Waals surface area contributed by atoms with Crippen LogP contribution in [0.25, 0.3) is 22.5 Å². The second kappa shape index (κ2) is 16.8. The lowest BCUT2D eigenvalue weighted by Crippen LogP contribution is -2.28. The zero-order valence-electron chi connectivity index (χ0n) is 28.6. The van der Waals surface area contributed by atoms with Crippen LogP contribution in [0.3, 0.4) is 0 Å². The van der Waals surface area contributed by atoms with Crippen molar-refractivity contribution < 1.29 is 9.59 Å². The molecule has 264 valence electrons. The molecule has 6 rings (SSSR count). The number of aromatic nitrogens is 7. The van der Waals surface area contributed by atoms with E-state index in [1.807, 2.05) is 67.6 Å². The van der Waals surface area contributed by atoms with Crippen LogP contribution in [0.4, 0.5) is 22.9 Å². The first-order valence-electron chi connectivity index (χ1n) is 16.1. The molecule has 52 heavy (non-hydrogen) atoms. The van der Waals surface area contributed by atoms with Crippen LogP contribution in [0.1, 0.15) is 48.4 Å². The summed E-state index contributed by atoms with van der Waals surface area (Å²) in [5.41, 5.74) is 2.50. The number of halogens is 2. The molecule has 0 spiro atoms. The molecular weight excluding hydrogens is 705 g/mol. The van der Waals surface area contributed by atoms with E-state index in [0.717, 1.165) is 11.1 Å². The van der Waals surface area contributed by atoms with Crippen LogP contribution in [0.5, 0.6) is 0 Å². The van der Waals surface area contributed by atoms with E-state index in [1.54, 1.807) is 6.92 Å². The molecular formula is C37H33Cl2N9O4. The number of rotatable bonds is 10. The molecule has 4 aromatic heterocycles. The molecule has 0 bridgehead atoms. The molecule has 0 aliphatic carbocycles. The van der Waals surface area contributed by atoms with Gasteiger partial charge in [-0.15, -0.1) is 0 Å². The summed E-state index contributed by atoms with van der Waals surface area (Å²) in [6, 6.07) is 18.5. The number of carbonyl (C=O) groups is 2. The number of hydrogen-bond acceptors (Lipinski definition) is 11. The lowest BCUT2D eigenvalue weighted by molar-refractivity contribution is 0.101. The van der Waals surface area contributed by atoms with Gasteiger partial charge in [-0.1, -0.05) is 83.9 Å². The van der Waals surface area contributed by atoms with Gasteiger partial charge in [0, 0.05) is 49.0 Å². The summed E-state index contributed by atoms with van der Waals surface area (Å²) in [5, 5.41) is 15.1. The van der Waals surface area contributed by atoms with Crippen molar-refractivity contribution in [2.75, 3.05) is 10.6 Å². The summed E-state index contributed by atoms with van der Waals surface area (Å²) < 4.78 is 2.62. The van der Waals surface area contributed by atoms with E-state index in [2.05, 4.69) is 35.8 Å². The predicted molar refractivity (Wildman–Crippen MR) is 202 cm³/mol. The molecule has 0 aliphatic rings. The van der Waals surface area contributed by atoms with Crippen LogP contribution in [0, 0.1) is 0 Å². The summed E-state index contributed by atoms with van der Waals surface area (Å²) >= 11 is 12.4. The molecule has 0 amide bonds. The van der Waals surface area contributed by atoms with Crippen molar-refractivity contribution >= 4 is 57.6 Å². The number of ketones is 2. The molecule has 4 heterocycles. The van der Waals surface area contributed by atoms with Crippen molar-refractivity contribution in [2.24, 2.45) is 0 Å². The van der Waals surface area contributed by atoms with Crippen LogP contribution in [-0.2, 0) is 13.1 Å². The topological polar surface area (TPSA) is 167 Å². The van der Waals surface area contributed by atoms with Gasteiger partial charge in [0.15, 0.2) is 11.6 Å². The van der Waals surface area contributed by atoms with Gasteiger partial charge in [-0.25, -0.2) is 14.3 Å². The van der Waals surface area contributed by atoms with E-state index in [0.29, 0.717) is 36.0 Å². The minimum absolute atomic E-state index is 0.0770. The molecule has 0 fully saturated rings. The molecule has 15 heteroatoms. The highest BCUT2D eigenvalue weighted by molar-refractivity contribution is 6.39. The fourth-order valence-corrected chi connectivity index (χ4v) is 5.69. The van der Waals surface area contributed by atoms with Crippen LogP contribution < -0.4 is 21.8 Å². The van der Waals surface area contributed by atoms with E-state index in [-0.39, 0.29) is 49.7 Å². The van der Waals surface area contributed by atoms with Crippen molar-refractivity contribution in [3.63, 3.8) is 0 Å². The lowest BCUT2D eigenvalue weighted by Gasteiger charge is -2.17. The Kier molecular flexibility index (Phi) is 12.0. The van der Waals surface area contributed by atoms with Gasteiger partial charge >= 0.3 is 0 Å². The number of nitrogens with one attached hydrogen (secondary N) is 2. The number of carbonyl (C=O) groups excluding carboxylic acids is 2. The van der Waals surface area contributed by atoms with E-state index < -0.39 is 5.56 Å². The molecule has 0 atom stereocenters. The second-order valence-electron chi connectivity index (χ2n) is 11.1. The van der Waals surface area contributed by atoms with Crippen LogP contribution >= 0.6 is 23.2 Å². The Morgan fingerprint density at radius 3 is 1.50 bits per heavy atom. The fraction of sp³-hybridized carbons (Fsp3) is 0.162. The molecule has 6 aromatic rings. The molecule has 0 aliphatic heterocycles. The summed E-state index contributed by atoms with van der Waals surface area (Å²) in [6.45, 7) is 7.14. The maximum Gasteiger partial charge on any atom is 0.291 e. The van der Waals surface area contributed by atoms with Crippen molar-refractivity contribution in [1.29, 1.82) is 0 Å². The maximum atomic E-state index is 12.9. The van der Waals surface area contributed by atoms with Crippen molar-refractivity contribution in [3.8, 4) is 22.5 Å². The average Bonchev–Trinajstić information content (AvgIpc) is 3.15. The summed E-state index contributed by atoms with van der Waals surface area (Å²) in [6.07, 6.45) is 7.33. The highest BCUT2D eigenvalue weighted by Crippen LogP contribution is 2.34. The number of hydrogen-bond donors (Lipinski definition) is 2. The van der Waals surface area contributed by atoms with Gasteiger partial charge < -0.3 is 10.6 Å². The SMILES string of the molecule is CCn1nc(-c2ccccc2)c(C(C)=O)c(Nc2c(Cl)cncc2Cl)c1=O.CCn1nc(-c2ccccc2)c(C(C)=O)c(Nc2cnccn2)c1=O. The van der Waals surface area contributed by atoms with Crippen LogP contribution in [0.15, 0.2) is 101 Å². The molecule has 2 N–H and O–H groups in total. The Morgan fingerprint density at radius 2 is 1.10 bits per heavy atom. The normalized spacial score (nSPS) is 10.6. The number of nitrogens with zero attached hydrogens (tertiary/aromatic N) is 7. The Hall–Kier alpha value is -6.05. The first-order valence-corrected chi connectivity index (χ1v) is 16.8. The Balaban J connectivity index is 0.000000202. The predicted octanol–water partition coefficient (Wildman–Crippen LogP) is 7.24. The molecule has 0 radical (unpaired) electrons. The lowest BCUT2D eigenvalue weighted by atomic mass is 10.0. The molecule has 0 saturated carbocycles.